The first kappa shape index (κ1) is 16.4. The molecule has 0 atom stereocenters. The molecule has 0 saturated carbocycles. The first-order valence-corrected chi connectivity index (χ1v) is 9.06. The largest absolute Gasteiger partial charge is 0.381 e. The summed E-state index contributed by atoms with van der Waals surface area (Å²) < 4.78 is 7.03. The number of aromatic nitrogens is 3. The SMILES string of the molecule is O=c1ccc(-c2cccnc2)nn1CC1CN(CC2CCOCC2)C1. The van der Waals surface area contributed by atoms with Crippen LogP contribution in [0, 0.1) is 11.8 Å². The average molecular weight is 340 g/mol. The number of ether oxygens (including phenoxy) is 1. The highest BCUT2D eigenvalue weighted by molar-refractivity contribution is 5.56. The van der Waals surface area contributed by atoms with Gasteiger partial charge in [0.05, 0.1) is 12.2 Å². The molecule has 4 rings (SSSR count). The summed E-state index contributed by atoms with van der Waals surface area (Å²) in [7, 11) is 0. The third-order valence-electron chi connectivity index (χ3n) is 5.15. The van der Waals surface area contributed by atoms with Crippen LogP contribution >= 0.6 is 0 Å². The molecular formula is C19H24N4O2. The Morgan fingerprint density at radius 3 is 2.68 bits per heavy atom. The third-order valence-corrected chi connectivity index (χ3v) is 5.15. The van der Waals surface area contributed by atoms with Gasteiger partial charge in [0.15, 0.2) is 0 Å². The van der Waals surface area contributed by atoms with Crippen molar-refractivity contribution in [2.45, 2.75) is 19.4 Å². The first-order valence-electron chi connectivity index (χ1n) is 9.06. The van der Waals surface area contributed by atoms with Crippen molar-refractivity contribution in [3.63, 3.8) is 0 Å². The van der Waals surface area contributed by atoms with Gasteiger partial charge in [0.25, 0.3) is 5.56 Å². The van der Waals surface area contributed by atoms with E-state index in [1.807, 2.05) is 12.1 Å². The molecule has 6 nitrogen and oxygen atoms in total. The van der Waals surface area contributed by atoms with Crippen molar-refractivity contribution in [1.29, 1.82) is 0 Å². The van der Waals surface area contributed by atoms with Gasteiger partial charge in [-0.1, -0.05) is 0 Å². The fourth-order valence-electron chi connectivity index (χ4n) is 3.73. The molecule has 0 amide bonds. The molecule has 6 heteroatoms. The van der Waals surface area contributed by atoms with E-state index in [9.17, 15) is 4.79 Å². The van der Waals surface area contributed by atoms with Gasteiger partial charge < -0.3 is 9.64 Å². The van der Waals surface area contributed by atoms with Gasteiger partial charge in [0.2, 0.25) is 0 Å². The van der Waals surface area contributed by atoms with Crippen LogP contribution in [0.15, 0.2) is 41.5 Å². The average Bonchev–Trinajstić information content (AvgIpc) is 2.63. The first-order chi connectivity index (χ1) is 12.3. The fourth-order valence-corrected chi connectivity index (χ4v) is 3.73. The summed E-state index contributed by atoms with van der Waals surface area (Å²) in [4.78, 5) is 18.8. The Labute approximate surface area is 147 Å². The fraction of sp³-hybridized carbons (Fsp3) is 0.526. The lowest BCUT2D eigenvalue weighted by Gasteiger charge is -2.41. The van der Waals surface area contributed by atoms with Crippen LogP contribution in [0.1, 0.15) is 12.8 Å². The Morgan fingerprint density at radius 2 is 1.92 bits per heavy atom. The van der Waals surface area contributed by atoms with Gasteiger partial charge in [-0.2, -0.15) is 5.10 Å². The molecule has 0 spiro atoms. The number of pyridine rings is 1. The van der Waals surface area contributed by atoms with Crippen LogP contribution in [0.4, 0.5) is 0 Å². The van der Waals surface area contributed by atoms with Crippen LogP contribution in [0.3, 0.4) is 0 Å². The van der Waals surface area contributed by atoms with Crippen molar-refractivity contribution in [3.05, 3.63) is 47.0 Å². The number of hydrogen-bond acceptors (Lipinski definition) is 5. The third kappa shape index (κ3) is 3.96. The van der Waals surface area contributed by atoms with Gasteiger partial charge in [-0.05, 0) is 37.0 Å². The van der Waals surface area contributed by atoms with E-state index in [4.69, 9.17) is 4.74 Å². The van der Waals surface area contributed by atoms with Crippen molar-refractivity contribution < 1.29 is 4.74 Å². The molecule has 25 heavy (non-hydrogen) atoms. The maximum Gasteiger partial charge on any atom is 0.266 e. The Balaban J connectivity index is 1.35. The zero-order valence-electron chi connectivity index (χ0n) is 14.4. The molecule has 2 aromatic rings. The second kappa shape index (κ2) is 7.45. The van der Waals surface area contributed by atoms with Crippen LogP contribution in [0.25, 0.3) is 11.3 Å². The van der Waals surface area contributed by atoms with E-state index < -0.39 is 0 Å². The van der Waals surface area contributed by atoms with Crippen LogP contribution in [-0.4, -0.2) is 52.5 Å². The van der Waals surface area contributed by atoms with Crippen molar-refractivity contribution in [1.82, 2.24) is 19.7 Å². The van der Waals surface area contributed by atoms with E-state index in [1.54, 1.807) is 29.2 Å². The van der Waals surface area contributed by atoms with Crippen molar-refractivity contribution in [2.75, 3.05) is 32.8 Å². The summed E-state index contributed by atoms with van der Waals surface area (Å²) in [5, 5.41) is 4.53. The summed E-state index contributed by atoms with van der Waals surface area (Å²) >= 11 is 0. The molecule has 2 fully saturated rings. The van der Waals surface area contributed by atoms with E-state index in [-0.39, 0.29) is 5.56 Å². The van der Waals surface area contributed by atoms with E-state index >= 15 is 0 Å². The van der Waals surface area contributed by atoms with Gasteiger partial charge in [-0.15, -0.1) is 0 Å². The van der Waals surface area contributed by atoms with Crippen LogP contribution in [0.5, 0.6) is 0 Å². The molecular weight excluding hydrogens is 316 g/mol. The maximum absolute atomic E-state index is 12.1. The molecule has 0 N–H and O–H groups in total. The number of nitrogens with zero attached hydrogens (tertiary/aromatic N) is 4. The Kier molecular flexibility index (Phi) is 4.90. The summed E-state index contributed by atoms with van der Waals surface area (Å²) in [5.41, 5.74) is 1.70. The predicted octanol–water partition coefficient (Wildman–Crippen LogP) is 1.66. The van der Waals surface area contributed by atoms with Crippen molar-refractivity contribution in [3.8, 4) is 11.3 Å². The standard InChI is InChI=1S/C19H24N4O2/c24-19-4-3-18(17-2-1-7-20-10-17)21-23(19)14-16-12-22(13-16)11-15-5-8-25-9-6-15/h1-4,7,10,15-16H,5-6,8-9,11-14H2. The number of rotatable bonds is 5. The minimum absolute atomic E-state index is 0.0319. The van der Waals surface area contributed by atoms with Crippen LogP contribution in [-0.2, 0) is 11.3 Å². The number of likely N-dealkylation sites (tertiary alicyclic amines) is 1. The second-order valence-electron chi connectivity index (χ2n) is 7.12. The van der Waals surface area contributed by atoms with Gasteiger partial charge in [0.1, 0.15) is 0 Å². The predicted molar refractivity (Wildman–Crippen MR) is 95.2 cm³/mol. The quantitative estimate of drug-likeness (QED) is 0.828. The van der Waals surface area contributed by atoms with Crippen molar-refractivity contribution in [2.24, 2.45) is 11.8 Å². The van der Waals surface area contributed by atoms with Gasteiger partial charge in [-0.3, -0.25) is 9.78 Å². The molecule has 0 aliphatic carbocycles. The normalized spacial score (nSPS) is 19.7. The molecule has 4 heterocycles. The smallest absolute Gasteiger partial charge is 0.266 e. The monoisotopic (exact) mass is 340 g/mol. The number of hydrogen-bond donors (Lipinski definition) is 0. The molecule has 2 aromatic heterocycles. The maximum atomic E-state index is 12.1. The van der Waals surface area contributed by atoms with Crippen LogP contribution in [0.2, 0.25) is 0 Å². The molecule has 2 aliphatic heterocycles. The van der Waals surface area contributed by atoms with Gasteiger partial charge in [0, 0.05) is 62.8 Å². The topological polar surface area (TPSA) is 60.2 Å². The molecule has 0 bridgehead atoms. The van der Waals surface area contributed by atoms with Gasteiger partial charge >= 0.3 is 0 Å². The highest BCUT2D eigenvalue weighted by atomic mass is 16.5. The Hall–Kier alpha value is -2.05. The highest BCUT2D eigenvalue weighted by Crippen LogP contribution is 2.23. The van der Waals surface area contributed by atoms with Crippen molar-refractivity contribution >= 4 is 0 Å². The molecule has 2 saturated heterocycles. The molecule has 0 unspecified atom stereocenters. The Morgan fingerprint density at radius 1 is 1.08 bits per heavy atom. The lowest BCUT2D eigenvalue weighted by Crippen LogP contribution is -2.51. The highest BCUT2D eigenvalue weighted by Gasteiger charge is 2.29. The molecule has 2 aliphatic rings. The minimum Gasteiger partial charge on any atom is -0.381 e. The molecule has 0 radical (unpaired) electrons. The zero-order valence-corrected chi connectivity index (χ0v) is 14.4. The molecule has 132 valence electrons. The summed E-state index contributed by atoms with van der Waals surface area (Å²) in [6.45, 7) is 5.78. The van der Waals surface area contributed by atoms with E-state index in [0.29, 0.717) is 12.5 Å². The summed E-state index contributed by atoms with van der Waals surface area (Å²) in [6.07, 6.45) is 5.86. The molecule has 0 aromatic carbocycles. The second-order valence-corrected chi connectivity index (χ2v) is 7.12. The Bertz CT molecular complexity index is 750. The lowest BCUT2D eigenvalue weighted by atomic mass is 9.94. The minimum atomic E-state index is -0.0319. The lowest BCUT2D eigenvalue weighted by molar-refractivity contribution is 0.0205. The van der Waals surface area contributed by atoms with E-state index in [1.165, 1.54) is 12.8 Å². The summed E-state index contributed by atoms with van der Waals surface area (Å²) in [6, 6.07) is 7.22. The van der Waals surface area contributed by atoms with Gasteiger partial charge in [-0.25, -0.2) is 4.68 Å². The zero-order chi connectivity index (χ0) is 17.1. The van der Waals surface area contributed by atoms with Crippen LogP contribution < -0.4 is 5.56 Å². The van der Waals surface area contributed by atoms with E-state index in [2.05, 4.69) is 15.0 Å². The summed E-state index contributed by atoms with van der Waals surface area (Å²) in [5.74, 6) is 1.28. The van der Waals surface area contributed by atoms with E-state index in [0.717, 1.165) is 50.0 Å².